The van der Waals surface area contributed by atoms with Gasteiger partial charge in [0.25, 0.3) is 11.6 Å². The molecule has 1 amide bonds. The molecule has 2 aromatic carbocycles. The second kappa shape index (κ2) is 6.91. The summed E-state index contributed by atoms with van der Waals surface area (Å²) in [6, 6.07) is 10.4. The number of nitrogens with zero attached hydrogens (tertiary/aromatic N) is 1. The van der Waals surface area contributed by atoms with E-state index in [-0.39, 0.29) is 22.0 Å². The summed E-state index contributed by atoms with van der Waals surface area (Å²) >= 11 is 5.90. The first-order chi connectivity index (χ1) is 10.5. The Morgan fingerprint density at radius 3 is 2.55 bits per heavy atom. The molecule has 0 bridgehead atoms. The number of halogens is 1. The molecule has 0 heterocycles. The summed E-state index contributed by atoms with van der Waals surface area (Å²) in [4.78, 5) is 22.2. The number of rotatable bonds is 5. The molecule has 0 saturated heterocycles. The van der Waals surface area contributed by atoms with Crippen LogP contribution in [0.15, 0.2) is 42.5 Å². The number of hydrogen-bond donors (Lipinski definition) is 2. The van der Waals surface area contributed by atoms with Crippen LogP contribution >= 0.6 is 11.6 Å². The molecule has 2 aromatic rings. The molecule has 0 aliphatic heterocycles. The van der Waals surface area contributed by atoms with Gasteiger partial charge in [0.15, 0.2) is 0 Å². The highest BCUT2D eigenvalue weighted by molar-refractivity contribution is 6.33. The van der Waals surface area contributed by atoms with Crippen molar-refractivity contribution in [1.82, 2.24) is 5.32 Å². The fourth-order valence-electron chi connectivity index (χ4n) is 1.88. The Bertz CT molecular complexity index is 701. The Hall–Kier alpha value is -2.60. The van der Waals surface area contributed by atoms with Gasteiger partial charge in [-0.15, -0.1) is 0 Å². The SMILES string of the molecule is O=C(NCCc1ccc(O)cc1)c1cc([N+](=O)[O-])ccc1Cl. The van der Waals surface area contributed by atoms with Gasteiger partial charge in [0.1, 0.15) is 5.75 Å². The Kier molecular flexibility index (Phi) is 4.95. The van der Waals surface area contributed by atoms with Crippen molar-refractivity contribution in [2.45, 2.75) is 6.42 Å². The molecule has 0 spiro atoms. The lowest BCUT2D eigenvalue weighted by molar-refractivity contribution is -0.384. The number of carbonyl (C=O) groups excluding carboxylic acids is 1. The molecule has 0 atom stereocenters. The third-order valence-electron chi connectivity index (χ3n) is 3.04. The molecule has 22 heavy (non-hydrogen) atoms. The number of hydrogen-bond acceptors (Lipinski definition) is 4. The molecule has 0 unspecified atom stereocenters. The average molecular weight is 321 g/mol. The highest BCUT2D eigenvalue weighted by Crippen LogP contribution is 2.21. The quantitative estimate of drug-likeness (QED) is 0.654. The molecule has 0 fully saturated rings. The first kappa shape index (κ1) is 15.8. The van der Waals surface area contributed by atoms with Crippen LogP contribution in [0, 0.1) is 10.1 Å². The molecule has 0 saturated carbocycles. The molecular weight excluding hydrogens is 308 g/mol. The van der Waals surface area contributed by atoms with E-state index < -0.39 is 10.8 Å². The Balaban J connectivity index is 1.99. The van der Waals surface area contributed by atoms with Crippen molar-refractivity contribution in [1.29, 1.82) is 0 Å². The third kappa shape index (κ3) is 3.95. The number of phenolic OH excluding ortho intramolecular Hbond substituents is 1. The predicted octanol–water partition coefficient (Wildman–Crippen LogP) is 2.93. The number of nitrogens with one attached hydrogen (secondary N) is 1. The van der Waals surface area contributed by atoms with Crippen LogP contribution in [0.1, 0.15) is 15.9 Å². The van der Waals surface area contributed by atoms with Crippen LogP contribution in [0.5, 0.6) is 5.75 Å². The maximum atomic E-state index is 12.0. The summed E-state index contributed by atoms with van der Waals surface area (Å²) in [6.07, 6.45) is 0.568. The Morgan fingerprint density at radius 1 is 1.23 bits per heavy atom. The van der Waals surface area contributed by atoms with Gasteiger partial charge >= 0.3 is 0 Å². The molecule has 2 N–H and O–H groups in total. The summed E-state index contributed by atoms with van der Waals surface area (Å²) in [7, 11) is 0. The summed E-state index contributed by atoms with van der Waals surface area (Å²) in [5, 5.41) is 22.7. The van der Waals surface area contributed by atoms with Crippen LogP contribution in [0.2, 0.25) is 5.02 Å². The van der Waals surface area contributed by atoms with Crippen LogP contribution in [-0.4, -0.2) is 22.5 Å². The minimum Gasteiger partial charge on any atom is -0.508 e. The van der Waals surface area contributed by atoms with Crippen LogP contribution < -0.4 is 5.32 Å². The van der Waals surface area contributed by atoms with Gasteiger partial charge in [0, 0.05) is 18.7 Å². The van der Waals surface area contributed by atoms with Gasteiger partial charge in [-0.1, -0.05) is 23.7 Å². The van der Waals surface area contributed by atoms with Crippen molar-refractivity contribution in [2.75, 3.05) is 6.54 Å². The molecule has 7 heteroatoms. The largest absolute Gasteiger partial charge is 0.508 e. The van der Waals surface area contributed by atoms with E-state index in [1.165, 1.54) is 12.1 Å². The number of phenols is 1. The normalized spacial score (nSPS) is 10.2. The van der Waals surface area contributed by atoms with Gasteiger partial charge in [-0.3, -0.25) is 14.9 Å². The number of carbonyl (C=O) groups is 1. The minimum atomic E-state index is -0.580. The van der Waals surface area contributed by atoms with Crippen LogP contribution in [0.25, 0.3) is 0 Å². The second-order valence-corrected chi connectivity index (χ2v) is 5.00. The van der Waals surface area contributed by atoms with Crippen molar-refractivity contribution in [3.05, 3.63) is 68.7 Å². The van der Waals surface area contributed by atoms with E-state index in [2.05, 4.69) is 5.32 Å². The van der Waals surface area contributed by atoms with E-state index in [0.717, 1.165) is 11.6 Å². The van der Waals surface area contributed by atoms with Crippen LogP contribution in [-0.2, 0) is 6.42 Å². The average Bonchev–Trinajstić information content (AvgIpc) is 2.49. The summed E-state index contributed by atoms with van der Waals surface area (Å²) in [5.74, 6) is -0.288. The van der Waals surface area contributed by atoms with E-state index in [4.69, 9.17) is 11.6 Å². The van der Waals surface area contributed by atoms with Crippen molar-refractivity contribution in [3.8, 4) is 5.75 Å². The monoisotopic (exact) mass is 320 g/mol. The van der Waals surface area contributed by atoms with Gasteiger partial charge < -0.3 is 10.4 Å². The number of benzene rings is 2. The highest BCUT2D eigenvalue weighted by Gasteiger charge is 2.15. The molecule has 0 radical (unpaired) electrons. The number of aromatic hydroxyl groups is 1. The lowest BCUT2D eigenvalue weighted by Gasteiger charge is -2.07. The smallest absolute Gasteiger partial charge is 0.270 e. The predicted molar refractivity (Wildman–Crippen MR) is 82.3 cm³/mol. The van der Waals surface area contributed by atoms with Crippen molar-refractivity contribution in [2.24, 2.45) is 0 Å². The highest BCUT2D eigenvalue weighted by atomic mass is 35.5. The van der Waals surface area contributed by atoms with Gasteiger partial charge in [0.05, 0.1) is 15.5 Å². The third-order valence-corrected chi connectivity index (χ3v) is 3.37. The van der Waals surface area contributed by atoms with Crippen LogP contribution in [0.4, 0.5) is 5.69 Å². The fraction of sp³-hybridized carbons (Fsp3) is 0.133. The van der Waals surface area contributed by atoms with E-state index in [1.807, 2.05) is 0 Å². The zero-order valence-corrected chi connectivity index (χ0v) is 12.2. The van der Waals surface area contributed by atoms with Crippen molar-refractivity contribution < 1.29 is 14.8 Å². The molecule has 0 aliphatic carbocycles. The van der Waals surface area contributed by atoms with Crippen molar-refractivity contribution in [3.63, 3.8) is 0 Å². The molecule has 6 nitrogen and oxygen atoms in total. The van der Waals surface area contributed by atoms with E-state index in [1.54, 1.807) is 24.3 Å². The van der Waals surface area contributed by atoms with E-state index in [0.29, 0.717) is 13.0 Å². The lowest BCUT2D eigenvalue weighted by Crippen LogP contribution is -2.26. The summed E-state index contributed by atoms with van der Waals surface area (Å²) in [6.45, 7) is 0.350. The maximum absolute atomic E-state index is 12.0. The van der Waals surface area contributed by atoms with Gasteiger partial charge in [0.2, 0.25) is 0 Å². The second-order valence-electron chi connectivity index (χ2n) is 4.59. The molecule has 2 rings (SSSR count). The lowest BCUT2D eigenvalue weighted by atomic mass is 10.1. The van der Waals surface area contributed by atoms with Gasteiger partial charge in [-0.25, -0.2) is 0 Å². The fourth-order valence-corrected chi connectivity index (χ4v) is 2.08. The Labute approximate surface area is 131 Å². The van der Waals surface area contributed by atoms with Gasteiger partial charge in [-0.05, 0) is 30.2 Å². The standard InChI is InChI=1S/C15H13ClN2O4/c16-14-6-3-11(18(21)22)9-13(14)15(20)17-8-7-10-1-4-12(19)5-2-10/h1-6,9,19H,7-8H2,(H,17,20). The summed E-state index contributed by atoms with van der Waals surface area (Å²) in [5.41, 5.74) is 0.831. The first-order valence-electron chi connectivity index (χ1n) is 6.47. The maximum Gasteiger partial charge on any atom is 0.270 e. The van der Waals surface area contributed by atoms with E-state index in [9.17, 15) is 20.0 Å². The minimum absolute atomic E-state index is 0.0709. The molecule has 0 aliphatic rings. The topological polar surface area (TPSA) is 92.5 Å². The zero-order chi connectivity index (χ0) is 16.1. The molecular formula is C15H13ClN2O4. The van der Waals surface area contributed by atoms with Gasteiger partial charge in [-0.2, -0.15) is 0 Å². The van der Waals surface area contributed by atoms with Crippen molar-refractivity contribution >= 4 is 23.2 Å². The van der Waals surface area contributed by atoms with E-state index >= 15 is 0 Å². The zero-order valence-electron chi connectivity index (χ0n) is 11.5. The number of non-ortho nitro benzene ring substituents is 1. The van der Waals surface area contributed by atoms with Crippen LogP contribution in [0.3, 0.4) is 0 Å². The number of nitro benzene ring substituents is 1. The Morgan fingerprint density at radius 2 is 1.91 bits per heavy atom. The number of nitro groups is 1. The molecule has 0 aromatic heterocycles. The first-order valence-corrected chi connectivity index (χ1v) is 6.85. The summed E-state index contributed by atoms with van der Waals surface area (Å²) < 4.78 is 0. The molecule has 114 valence electrons. The number of amides is 1.